The minimum Gasteiger partial charge on any atom is -0.451 e. The van der Waals surface area contributed by atoms with Crippen LogP contribution in [0.15, 0.2) is 57.7 Å². The molecule has 0 unspecified atom stereocenters. The average molecular weight is 511 g/mol. The molecule has 1 aliphatic heterocycles. The van der Waals surface area contributed by atoms with Gasteiger partial charge in [-0.3, -0.25) is 19.2 Å². The van der Waals surface area contributed by atoms with E-state index < -0.39 is 11.4 Å². The average Bonchev–Trinajstić information content (AvgIpc) is 2.87. The SMILES string of the molecule is Cc1ccc2oc(C(=O)NC3(C(=O)NCCNC(=O)c4ccc(Cl)cc4)CCNCC3)cc(=O)c2c1. The number of nitrogens with one attached hydrogen (secondary N) is 4. The summed E-state index contributed by atoms with van der Waals surface area (Å²) in [5.74, 6) is -1.44. The molecular formula is C26H27ClN4O5. The molecule has 1 aliphatic rings. The number of carbonyl (C=O) groups is 3. The fourth-order valence-corrected chi connectivity index (χ4v) is 4.27. The lowest BCUT2D eigenvalue weighted by molar-refractivity contribution is -0.128. The summed E-state index contributed by atoms with van der Waals surface area (Å²) in [6, 6.07) is 12.8. The van der Waals surface area contributed by atoms with Crippen molar-refractivity contribution < 1.29 is 18.8 Å². The molecular weight excluding hydrogens is 484 g/mol. The van der Waals surface area contributed by atoms with Crippen LogP contribution in [-0.4, -0.2) is 49.4 Å². The van der Waals surface area contributed by atoms with Crippen LogP contribution >= 0.6 is 11.6 Å². The molecule has 1 fully saturated rings. The van der Waals surface area contributed by atoms with Crippen molar-refractivity contribution in [1.29, 1.82) is 0 Å². The highest BCUT2D eigenvalue weighted by Crippen LogP contribution is 2.21. The van der Waals surface area contributed by atoms with Gasteiger partial charge in [0.1, 0.15) is 11.1 Å². The van der Waals surface area contributed by atoms with Crippen LogP contribution in [0, 0.1) is 6.92 Å². The Bertz CT molecular complexity index is 1350. The summed E-state index contributed by atoms with van der Waals surface area (Å²) in [6.07, 6.45) is 0.720. The monoisotopic (exact) mass is 510 g/mol. The second-order valence-corrected chi connectivity index (χ2v) is 9.22. The molecule has 0 bridgehead atoms. The number of hydrogen-bond acceptors (Lipinski definition) is 6. The van der Waals surface area contributed by atoms with Crippen molar-refractivity contribution in [2.45, 2.75) is 25.3 Å². The Labute approximate surface area is 212 Å². The van der Waals surface area contributed by atoms with E-state index in [-0.39, 0.29) is 36.1 Å². The van der Waals surface area contributed by atoms with E-state index in [2.05, 4.69) is 21.3 Å². The first-order valence-electron chi connectivity index (χ1n) is 11.7. The van der Waals surface area contributed by atoms with Gasteiger partial charge in [-0.15, -0.1) is 0 Å². The number of aryl methyl sites for hydroxylation is 1. The van der Waals surface area contributed by atoms with E-state index >= 15 is 0 Å². The first kappa shape index (κ1) is 25.4. The van der Waals surface area contributed by atoms with E-state index in [1.54, 1.807) is 42.5 Å². The zero-order valence-electron chi connectivity index (χ0n) is 19.8. The second-order valence-electron chi connectivity index (χ2n) is 8.78. The number of amides is 3. The summed E-state index contributed by atoms with van der Waals surface area (Å²) in [5.41, 5.74) is 0.161. The third-order valence-electron chi connectivity index (χ3n) is 6.15. The molecule has 36 heavy (non-hydrogen) atoms. The number of benzene rings is 2. The number of carbonyl (C=O) groups excluding carboxylic acids is 3. The van der Waals surface area contributed by atoms with E-state index in [0.29, 0.717) is 47.5 Å². The lowest BCUT2D eigenvalue weighted by atomic mass is 9.87. The Morgan fingerprint density at radius 1 is 0.972 bits per heavy atom. The van der Waals surface area contributed by atoms with Crippen LogP contribution < -0.4 is 26.7 Å². The Kier molecular flexibility index (Phi) is 7.71. The molecule has 9 nitrogen and oxygen atoms in total. The second kappa shape index (κ2) is 10.9. The molecule has 10 heteroatoms. The molecule has 0 aliphatic carbocycles. The summed E-state index contributed by atoms with van der Waals surface area (Å²) in [4.78, 5) is 51.0. The smallest absolute Gasteiger partial charge is 0.288 e. The standard InChI is InChI=1S/C26H27ClN4O5/c1-16-2-7-21-19(14-16)20(32)15-22(36-21)24(34)31-26(8-10-28-11-9-26)25(35)30-13-12-29-23(33)17-3-5-18(27)6-4-17/h2-7,14-15,28H,8-13H2,1H3,(H,29,33)(H,30,35)(H,31,34). The van der Waals surface area contributed by atoms with E-state index in [1.165, 1.54) is 0 Å². The van der Waals surface area contributed by atoms with Gasteiger partial charge in [-0.05, 0) is 69.3 Å². The van der Waals surface area contributed by atoms with Crippen LogP contribution in [0.4, 0.5) is 0 Å². The van der Waals surface area contributed by atoms with Gasteiger partial charge in [0.15, 0.2) is 11.2 Å². The Morgan fingerprint density at radius 2 is 1.67 bits per heavy atom. The molecule has 188 valence electrons. The number of piperidine rings is 1. The van der Waals surface area contributed by atoms with Crippen LogP contribution in [0.5, 0.6) is 0 Å². The number of halogens is 1. The van der Waals surface area contributed by atoms with Crippen molar-refractivity contribution in [3.63, 3.8) is 0 Å². The molecule has 0 radical (unpaired) electrons. The minimum absolute atomic E-state index is 0.155. The van der Waals surface area contributed by atoms with Crippen molar-refractivity contribution in [2.75, 3.05) is 26.2 Å². The van der Waals surface area contributed by atoms with Crippen molar-refractivity contribution in [3.05, 3.63) is 80.7 Å². The van der Waals surface area contributed by atoms with Crippen LogP contribution in [0.1, 0.15) is 39.3 Å². The van der Waals surface area contributed by atoms with Gasteiger partial charge in [-0.25, -0.2) is 0 Å². The predicted octanol–water partition coefficient (Wildman–Crippen LogP) is 2.15. The van der Waals surface area contributed by atoms with Crippen molar-refractivity contribution in [1.82, 2.24) is 21.3 Å². The molecule has 4 N–H and O–H groups in total. The Balaban J connectivity index is 1.41. The van der Waals surface area contributed by atoms with Gasteiger partial charge >= 0.3 is 0 Å². The van der Waals surface area contributed by atoms with E-state index in [4.69, 9.17) is 16.0 Å². The molecule has 3 aromatic rings. The normalized spacial score (nSPS) is 14.7. The van der Waals surface area contributed by atoms with Crippen LogP contribution in [0.2, 0.25) is 5.02 Å². The summed E-state index contributed by atoms with van der Waals surface area (Å²) in [7, 11) is 0. The highest BCUT2D eigenvalue weighted by molar-refractivity contribution is 6.30. The van der Waals surface area contributed by atoms with E-state index in [0.717, 1.165) is 11.6 Å². The summed E-state index contributed by atoms with van der Waals surface area (Å²) >= 11 is 5.84. The molecule has 0 saturated carbocycles. The van der Waals surface area contributed by atoms with Crippen LogP contribution in [0.3, 0.4) is 0 Å². The summed E-state index contributed by atoms with van der Waals surface area (Å²) in [5, 5.41) is 12.5. The topological polar surface area (TPSA) is 130 Å². The van der Waals surface area contributed by atoms with Gasteiger partial charge in [0.25, 0.3) is 11.8 Å². The molecule has 1 aromatic heterocycles. The van der Waals surface area contributed by atoms with Gasteiger partial charge < -0.3 is 25.7 Å². The van der Waals surface area contributed by atoms with Crippen molar-refractivity contribution >= 4 is 40.3 Å². The van der Waals surface area contributed by atoms with Gasteiger partial charge in [0, 0.05) is 29.7 Å². The van der Waals surface area contributed by atoms with E-state index in [9.17, 15) is 19.2 Å². The summed E-state index contributed by atoms with van der Waals surface area (Å²) in [6.45, 7) is 3.30. The quantitative estimate of drug-likeness (QED) is 0.360. The zero-order valence-corrected chi connectivity index (χ0v) is 20.5. The minimum atomic E-state index is -1.18. The van der Waals surface area contributed by atoms with E-state index in [1.807, 2.05) is 6.92 Å². The molecule has 4 rings (SSSR count). The van der Waals surface area contributed by atoms with Gasteiger partial charge in [-0.1, -0.05) is 23.2 Å². The van der Waals surface area contributed by atoms with Gasteiger partial charge in [0.05, 0.1) is 5.39 Å². The predicted molar refractivity (Wildman–Crippen MR) is 136 cm³/mol. The van der Waals surface area contributed by atoms with Crippen molar-refractivity contribution in [3.8, 4) is 0 Å². The van der Waals surface area contributed by atoms with Crippen LogP contribution in [-0.2, 0) is 4.79 Å². The Hall–Kier alpha value is -3.69. The van der Waals surface area contributed by atoms with Crippen LogP contribution in [0.25, 0.3) is 11.0 Å². The Morgan fingerprint density at radius 3 is 2.39 bits per heavy atom. The number of fused-ring (bicyclic) bond motifs is 1. The molecule has 2 aromatic carbocycles. The number of rotatable bonds is 7. The van der Waals surface area contributed by atoms with Crippen molar-refractivity contribution in [2.24, 2.45) is 0 Å². The first-order chi connectivity index (χ1) is 17.3. The lowest BCUT2D eigenvalue weighted by Gasteiger charge is -2.36. The molecule has 0 atom stereocenters. The van der Waals surface area contributed by atoms with Gasteiger partial charge in [-0.2, -0.15) is 0 Å². The molecule has 0 spiro atoms. The lowest BCUT2D eigenvalue weighted by Crippen LogP contribution is -2.63. The first-order valence-corrected chi connectivity index (χ1v) is 12.0. The summed E-state index contributed by atoms with van der Waals surface area (Å²) < 4.78 is 5.68. The molecule has 2 heterocycles. The molecule has 3 amide bonds. The maximum atomic E-state index is 13.2. The largest absolute Gasteiger partial charge is 0.451 e. The fraction of sp³-hybridized carbons (Fsp3) is 0.308. The van der Waals surface area contributed by atoms with Gasteiger partial charge in [0.2, 0.25) is 5.91 Å². The highest BCUT2D eigenvalue weighted by atomic mass is 35.5. The third-order valence-corrected chi connectivity index (χ3v) is 6.41. The fourth-order valence-electron chi connectivity index (χ4n) is 4.15. The third kappa shape index (κ3) is 5.75. The maximum absolute atomic E-state index is 13.2. The zero-order chi connectivity index (χ0) is 25.7. The number of hydrogen-bond donors (Lipinski definition) is 4. The maximum Gasteiger partial charge on any atom is 0.288 e. The highest BCUT2D eigenvalue weighted by Gasteiger charge is 2.41. The molecule has 1 saturated heterocycles.